The maximum absolute atomic E-state index is 13.0. The molecule has 7 heteroatoms. The van der Waals surface area contributed by atoms with Crippen LogP contribution in [0.5, 0.6) is 0 Å². The Balaban J connectivity index is 3.10. The number of carbonyl (C=O) groups excluding carboxylic acids is 1. The number of amides is 1. The molecule has 0 spiro atoms. The third-order valence-corrected chi connectivity index (χ3v) is 2.09. The molecule has 1 aromatic carbocycles. The van der Waals surface area contributed by atoms with Gasteiger partial charge in [-0.15, -0.1) is 0 Å². The van der Waals surface area contributed by atoms with E-state index in [1.807, 2.05) is 0 Å². The molecule has 0 bridgehead atoms. The molecular formula is C11H11F2NO4. The molecule has 0 aliphatic carbocycles. The van der Waals surface area contributed by atoms with Gasteiger partial charge in [0.05, 0.1) is 17.2 Å². The summed E-state index contributed by atoms with van der Waals surface area (Å²) in [6.45, 7) is 1.28. The molecule has 1 unspecified atom stereocenters. The number of aromatic carboxylic acids is 1. The van der Waals surface area contributed by atoms with Gasteiger partial charge in [0.25, 0.3) is 5.91 Å². The van der Waals surface area contributed by atoms with Gasteiger partial charge in [0, 0.05) is 6.54 Å². The highest BCUT2D eigenvalue weighted by Gasteiger charge is 2.20. The van der Waals surface area contributed by atoms with Crippen molar-refractivity contribution in [3.05, 3.63) is 34.9 Å². The van der Waals surface area contributed by atoms with Crippen LogP contribution in [0.4, 0.5) is 8.78 Å². The summed E-state index contributed by atoms with van der Waals surface area (Å²) in [5.74, 6) is -5.11. The second-order valence-electron chi connectivity index (χ2n) is 3.68. The van der Waals surface area contributed by atoms with Crippen molar-refractivity contribution < 1.29 is 28.6 Å². The third kappa shape index (κ3) is 3.24. The molecule has 1 atom stereocenters. The van der Waals surface area contributed by atoms with E-state index in [2.05, 4.69) is 5.32 Å². The van der Waals surface area contributed by atoms with Crippen LogP contribution >= 0.6 is 0 Å². The van der Waals surface area contributed by atoms with E-state index in [1.54, 1.807) is 0 Å². The highest BCUT2D eigenvalue weighted by atomic mass is 19.2. The zero-order chi connectivity index (χ0) is 13.9. The van der Waals surface area contributed by atoms with Crippen LogP contribution in [0.2, 0.25) is 0 Å². The van der Waals surface area contributed by atoms with Crippen molar-refractivity contribution in [1.82, 2.24) is 5.32 Å². The number of benzene rings is 1. The van der Waals surface area contributed by atoms with Crippen LogP contribution in [0.3, 0.4) is 0 Å². The Morgan fingerprint density at radius 3 is 2.22 bits per heavy atom. The van der Waals surface area contributed by atoms with Crippen molar-refractivity contribution in [2.24, 2.45) is 0 Å². The van der Waals surface area contributed by atoms with Crippen LogP contribution in [0, 0.1) is 11.6 Å². The minimum absolute atomic E-state index is 0.128. The van der Waals surface area contributed by atoms with Gasteiger partial charge in [-0.25, -0.2) is 13.6 Å². The van der Waals surface area contributed by atoms with Crippen LogP contribution in [-0.2, 0) is 0 Å². The van der Waals surface area contributed by atoms with Crippen LogP contribution in [0.25, 0.3) is 0 Å². The predicted molar refractivity (Wildman–Crippen MR) is 57.3 cm³/mol. The van der Waals surface area contributed by atoms with E-state index in [0.717, 1.165) is 0 Å². The summed E-state index contributed by atoms with van der Waals surface area (Å²) in [5.41, 5.74) is -1.14. The molecule has 3 N–H and O–H groups in total. The van der Waals surface area contributed by atoms with Crippen molar-refractivity contribution in [1.29, 1.82) is 0 Å². The Morgan fingerprint density at radius 1 is 1.28 bits per heavy atom. The first-order valence-corrected chi connectivity index (χ1v) is 5.01. The fourth-order valence-electron chi connectivity index (χ4n) is 1.25. The summed E-state index contributed by atoms with van der Waals surface area (Å²) >= 11 is 0. The standard InChI is InChI=1S/C11H11F2NO4/c1-5(15)4-14-10(16)6-2-8(12)9(13)3-7(6)11(17)18/h2-3,5,15H,4H2,1H3,(H,14,16)(H,17,18). The Labute approximate surface area is 101 Å². The summed E-state index contributed by atoms with van der Waals surface area (Å²) in [6, 6.07) is 0.950. The smallest absolute Gasteiger partial charge is 0.336 e. The highest BCUT2D eigenvalue weighted by Crippen LogP contribution is 2.15. The van der Waals surface area contributed by atoms with E-state index in [0.29, 0.717) is 12.1 Å². The molecule has 98 valence electrons. The Hall–Kier alpha value is -2.02. The largest absolute Gasteiger partial charge is 0.478 e. The molecule has 1 aromatic rings. The molecule has 5 nitrogen and oxygen atoms in total. The predicted octanol–water partition coefficient (Wildman–Crippen LogP) is 0.774. The van der Waals surface area contributed by atoms with Gasteiger partial charge >= 0.3 is 5.97 Å². The van der Waals surface area contributed by atoms with Gasteiger partial charge in [-0.1, -0.05) is 0 Å². The monoisotopic (exact) mass is 259 g/mol. The molecule has 1 amide bonds. The third-order valence-electron chi connectivity index (χ3n) is 2.09. The summed E-state index contributed by atoms with van der Waals surface area (Å²) in [6.07, 6.45) is -0.840. The van der Waals surface area contributed by atoms with E-state index in [-0.39, 0.29) is 6.54 Å². The fourth-order valence-corrected chi connectivity index (χ4v) is 1.25. The van der Waals surface area contributed by atoms with Gasteiger partial charge in [0.1, 0.15) is 0 Å². The first-order chi connectivity index (χ1) is 8.32. The van der Waals surface area contributed by atoms with Crippen molar-refractivity contribution in [3.63, 3.8) is 0 Å². The Morgan fingerprint density at radius 2 is 1.78 bits per heavy atom. The average molecular weight is 259 g/mol. The van der Waals surface area contributed by atoms with Gasteiger partial charge in [0.15, 0.2) is 11.6 Å². The fraction of sp³-hybridized carbons (Fsp3) is 0.273. The SMILES string of the molecule is CC(O)CNC(=O)c1cc(F)c(F)cc1C(=O)O. The zero-order valence-electron chi connectivity index (χ0n) is 9.41. The lowest BCUT2D eigenvalue weighted by atomic mass is 10.1. The van der Waals surface area contributed by atoms with Crippen LogP contribution in [0.1, 0.15) is 27.6 Å². The Bertz CT molecular complexity index is 488. The molecule has 0 aromatic heterocycles. The van der Waals surface area contributed by atoms with E-state index >= 15 is 0 Å². The minimum Gasteiger partial charge on any atom is -0.478 e. The second kappa shape index (κ2) is 5.54. The number of carboxylic acids is 1. The first kappa shape index (κ1) is 14.0. The lowest BCUT2D eigenvalue weighted by Crippen LogP contribution is -2.31. The van der Waals surface area contributed by atoms with Crippen LogP contribution < -0.4 is 5.32 Å². The maximum atomic E-state index is 13.0. The van der Waals surface area contributed by atoms with Gasteiger partial charge in [-0.3, -0.25) is 4.79 Å². The number of nitrogens with one attached hydrogen (secondary N) is 1. The molecule has 0 fully saturated rings. The normalized spacial score (nSPS) is 12.0. The van der Waals surface area contributed by atoms with Crippen molar-refractivity contribution in [3.8, 4) is 0 Å². The van der Waals surface area contributed by atoms with Gasteiger partial charge in [-0.05, 0) is 19.1 Å². The highest BCUT2D eigenvalue weighted by molar-refractivity contribution is 6.04. The number of carbonyl (C=O) groups is 2. The molecule has 0 radical (unpaired) electrons. The molecule has 0 heterocycles. The van der Waals surface area contributed by atoms with Crippen LogP contribution in [0.15, 0.2) is 12.1 Å². The first-order valence-electron chi connectivity index (χ1n) is 5.01. The summed E-state index contributed by atoms with van der Waals surface area (Å²) in [7, 11) is 0. The molecule has 1 rings (SSSR count). The zero-order valence-corrected chi connectivity index (χ0v) is 9.41. The van der Waals surface area contributed by atoms with Gasteiger partial charge in [-0.2, -0.15) is 0 Å². The number of hydrogen-bond donors (Lipinski definition) is 3. The molecule has 0 saturated heterocycles. The number of carboxylic acid groups (broad SMARTS) is 1. The number of hydrogen-bond acceptors (Lipinski definition) is 3. The number of rotatable bonds is 4. The molecular weight excluding hydrogens is 248 g/mol. The molecule has 0 saturated carbocycles. The van der Waals surface area contributed by atoms with E-state index in [4.69, 9.17) is 10.2 Å². The number of aliphatic hydroxyl groups excluding tert-OH is 1. The lowest BCUT2D eigenvalue weighted by Gasteiger charge is -2.09. The van der Waals surface area contributed by atoms with Gasteiger partial charge < -0.3 is 15.5 Å². The summed E-state index contributed by atoms with van der Waals surface area (Å²) < 4.78 is 25.9. The van der Waals surface area contributed by atoms with E-state index in [1.165, 1.54) is 6.92 Å². The van der Waals surface area contributed by atoms with Gasteiger partial charge in [0.2, 0.25) is 0 Å². The van der Waals surface area contributed by atoms with Crippen LogP contribution in [-0.4, -0.2) is 34.7 Å². The van der Waals surface area contributed by atoms with Crippen molar-refractivity contribution in [2.45, 2.75) is 13.0 Å². The minimum atomic E-state index is -1.55. The summed E-state index contributed by atoms with van der Waals surface area (Å²) in [5, 5.41) is 19.9. The Kier molecular flexibility index (Phi) is 4.33. The van der Waals surface area contributed by atoms with E-state index < -0.39 is 40.7 Å². The quantitative estimate of drug-likeness (QED) is 0.745. The van der Waals surface area contributed by atoms with E-state index in [9.17, 15) is 18.4 Å². The van der Waals surface area contributed by atoms with Crippen molar-refractivity contribution in [2.75, 3.05) is 6.54 Å². The number of aliphatic hydroxyl groups is 1. The van der Waals surface area contributed by atoms with Crippen molar-refractivity contribution >= 4 is 11.9 Å². The maximum Gasteiger partial charge on any atom is 0.336 e. The number of halogens is 2. The summed E-state index contributed by atoms with van der Waals surface area (Å²) in [4.78, 5) is 22.4. The molecule has 0 aliphatic heterocycles. The lowest BCUT2D eigenvalue weighted by molar-refractivity contribution is 0.0690. The average Bonchev–Trinajstić information content (AvgIpc) is 2.28. The second-order valence-corrected chi connectivity index (χ2v) is 3.68. The molecule has 18 heavy (non-hydrogen) atoms. The molecule has 0 aliphatic rings. The topological polar surface area (TPSA) is 86.6 Å².